The minimum absolute atomic E-state index is 1.26. The van der Waals surface area contributed by atoms with Crippen LogP contribution in [0.25, 0.3) is 16.7 Å². The van der Waals surface area contributed by atoms with Gasteiger partial charge in [0.2, 0.25) is 0 Å². The summed E-state index contributed by atoms with van der Waals surface area (Å²) in [5.41, 5.74) is 7.63. The summed E-state index contributed by atoms with van der Waals surface area (Å²) in [5.74, 6) is 0. The van der Waals surface area contributed by atoms with Crippen molar-refractivity contribution in [2.75, 3.05) is 0 Å². The van der Waals surface area contributed by atoms with Crippen molar-refractivity contribution in [3.8, 4) is 11.1 Å². The molecule has 0 aromatic heterocycles. The van der Waals surface area contributed by atoms with E-state index < -0.39 is 0 Å². The van der Waals surface area contributed by atoms with Gasteiger partial charge in [0.15, 0.2) is 0 Å². The molecule has 0 amide bonds. The van der Waals surface area contributed by atoms with E-state index in [1.807, 2.05) is 6.08 Å². The molecule has 0 saturated carbocycles. The van der Waals surface area contributed by atoms with Gasteiger partial charge in [-0.2, -0.15) is 0 Å². The van der Waals surface area contributed by atoms with E-state index in [1.54, 1.807) is 6.08 Å². The zero-order chi connectivity index (χ0) is 15.2. The smallest absolute Gasteiger partial charge is 0.0184 e. The molecule has 0 nitrogen and oxygen atoms in total. The fraction of sp³-hybridized carbons (Fsp3) is 0.143. The van der Waals surface area contributed by atoms with Crippen LogP contribution in [0.1, 0.15) is 25.0 Å². The Labute approximate surface area is 128 Å². The Balaban J connectivity index is 2.28. The van der Waals surface area contributed by atoms with Crippen molar-refractivity contribution >= 4 is 5.57 Å². The second-order valence-electron chi connectivity index (χ2n) is 5.35. The summed E-state index contributed by atoms with van der Waals surface area (Å²) in [7, 11) is 0. The standard InChI is InChI=1S/C21H22/c1-5-6-7-17(3)18(4)19-12-14-21(15-13-19)20-10-8-16(2)9-11-20/h5-15H,1H2,2-4H3/b7-6-,18-17+. The summed E-state index contributed by atoms with van der Waals surface area (Å²) in [6.07, 6.45) is 5.87. The number of rotatable bonds is 4. The molecular weight excluding hydrogens is 252 g/mol. The van der Waals surface area contributed by atoms with Gasteiger partial charge in [0.05, 0.1) is 0 Å². The average Bonchev–Trinajstić information content (AvgIpc) is 2.53. The number of allylic oxidation sites excluding steroid dienone is 5. The van der Waals surface area contributed by atoms with Crippen LogP contribution in [0.5, 0.6) is 0 Å². The summed E-state index contributed by atoms with van der Waals surface area (Å²) in [6.45, 7) is 10.1. The highest BCUT2D eigenvalue weighted by Crippen LogP contribution is 2.24. The Morgan fingerprint density at radius 2 is 1.38 bits per heavy atom. The lowest BCUT2D eigenvalue weighted by molar-refractivity contribution is 1.44. The van der Waals surface area contributed by atoms with E-state index in [2.05, 4.69) is 82.0 Å². The van der Waals surface area contributed by atoms with Crippen LogP contribution in [-0.4, -0.2) is 0 Å². The van der Waals surface area contributed by atoms with Crippen molar-refractivity contribution in [2.45, 2.75) is 20.8 Å². The topological polar surface area (TPSA) is 0 Å². The highest BCUT2D eigenvalue weighted by Gasteiger charge is 2.01. The molecule has 0 unspecified atom stereocenters. The molecule has 0 spiro atoms. The molecule has 0 heteroatoms. The van der Waals surface area contributed by atoms with Crippen LogP contribution in [0.3, 0.4) is 0 Å². The molecule has 0 heterocycles. The van der Waals surface area contributed by atoms with Crippen molar-refractivity contribution < 1.29 is 0 Å². The first-order chi connectivity index (χ1) is 10.1. The maximum Gasteiger partial charge on any atom is -0.0184 e. The van der Waals surface area contributed by atoms with E-state index in [-0.39, 0.29) is 0 Å². The Morgan fingerprint density at radius 1 is 0.857 bits per heavy atom. The number of aryl methyl sites for hydroxylation is 1. The largest absolute Gasteiger partial charge is 0.0991 e. The third-order valence-electron chi connectivity index (χ3n) is 3.78. The third kappa shape index (κ3) is 3.82. The van der Waals surface area contributed by atoms with E-state index in [9.17, 15) is 0 Å². The second-order valence-corrected chi connectivity index (χ2v) is 5.35. The highest BCUT2D eigenvalue weighted by atomic mass is 14.1. The van der Waals surface area contributed by atoms with E-state index in [0.29, 0.717) is 0 Å². The molecule has 0 aliphatic carbocycles. The lowest BCUT2D eigenvalue weighted by atomic mass is 9.98. The van der Waals surface area contributed by atoms with Gasteiger partial charge in [-0.3, -0.25) is 0 Å². The van der Waals surface area contributed by atoms with Crippen LogP contribution in [0, 0.1) is 6.92 Å². The third-order valence-corrected chi connectivity index (χ3v) is 3.78. The van der Waals surface area contributed by atoms with Gasteiger partial charge < -0.3 is 0 Å². The van der Waals surface area contributed by atoms with Gasteiger partial charge >= 0.3 is 0 Å². The molecule has 0 aliphatic heterocycles. The van der Waals surface area contributed by atoms with Gasteiger partial charge in [0, 0.05) is 0 Å². The molecule has 2 aromatic rings. The van der Waals surface area contributed by atoms with Crippen LogP contribution >= 0.6 is 0 Å². The predicted molar refractivity (Wildman–Crippen MR) is 94.2 cm³/mol. The first-order valence-electron chi connectivity index (χ1n) is 7.26. The molecule has 0 atom stereocenters. The lowest BCUT2D eigenvalue weighted by Gasteiger charge is -2.07. The van der Waals surface area contributed by atoms with Gasteiger partial charge in [-0.1, -0.05) is 78.9 Å². The van der Waals surface area contributed by atoms with Crippen molar-refractivity contribution in [1.82, 2.24) is 0 Å². The first kappa shape index (κ1) is 15.1. The maximum atomic E-state index is 3.71. The Hall–Kier alpha value is -2.34. The molecular formula is C21H22. The summed E-state index contributed by atoms with van der Waals surface area (Å²) in [4.78, 5) is 0. The van der Waals surface area contributed by atoms with Crippen molar-refractivity contribution in [3.05, 3.63) is 90.0 Å². The van der Waals surface area contributed by atoms with E-state index in [4.69, 9.17) is 0 Å². The van der Waals surface area contributed by atoms with Crippen molar-refractivity contribution in [2.24, 2.45) is 0 Å². The molecule has 2 rings (SSSR count). The normalized spacial score (nSPS) is 12.3. The molecule has 0 fully saturated rings. The zero-order valence-corrected chi connectivity index (χ0v) is 13.1. The molecule has 0 N–H and O–H groups in total. The van der Waals surface area contributed by atoms with Crippen LogP contribution < -0.4 is 0 Å². The SMILES string of the molecule is C=C/C=C\C(C)=C(/C)c1ccc(-c2ccc(C)cc2)cc1. The quantitative estimate of drug-likeness (QED) is 0.582. The Kier molecular flexibility index (Phi) is 4.94. The molecule has 0 saturated heterocycles. The first-order valence-corrected chi connectivity index (χ1v) is 7.26. The highest BCUT2D eigenvalue weighted by molar-refractivity contribution is 5.72. The van der Waals surface area contributed by atoms with Gasteiger partial charge in [0.25, 0.3) is 0 Å². The number of hydrogen-bond acceptors (Lipinski definition) is 0. The molecule has 0 aliphatic rings. The molecule has 106 valence electrons. The van der Waals surface area contributed by atoms with E-state index in [1.165, 1.54) is 33.4 Å². The molecule has 0 radical (unpaired) electrons. The van der Waals surface area contributed by atoms with Gasteiger partial charge in [-0.05, 0) is 48.6 Å². The Bertz CT molecular complexity index is 665. The number of benzene rings is 2. The second kappa shape index (κ2) is 6.90. The minimum atomic E-state index is 1.26. The van der Waals surface area contributed by atoms with E-state index in [0.717, 1.165) is 0 Å². The van der Waals surface area contributed by atoms with Crippen molar-refractivity contribution in [3.63, 3.8) is 0 Å². The van der Waals surface area contributed by atoms with Crippen LogP contribution in [0.4, 0.5) is 0 Å². The summed E-state index contributed by atoms with van der Waals surface area (Å²) in [6, 6.07) is 17.4. The van der Waals surface area contributed by atoms with Gasteiger partial charge in [0.1, 0.15) is 0 Å². The summed E-state index contributed by atoms with van der Waals surface area (Å²) < 4.78 is 0. The monoisotopic (exact) mass is 274 g/mol. The van der Waals surface area contributed by atoms with Gasteiger partial charge in [-0.25, -0.2) is 0 Å². The predicted octanol–water partition coefficient (Wildman–Crippen LogP) is 6.20. The zero-order valence-electron chi connectivity index (χ0n) is 13.1. The summed E-state index contributed by atoms with van der Waals surface area (Å²) in [5, 5.41) is 0. The Morgan fingerprint density at radius 3 is 1.90 bits per heavy atom. The van der Waals surface area contributed by atoms with Crippen LogP contribution in [0.15, 0.2) is 78.9 Å². The summed E-state index contributed by atoms with van der Waals surface area (Å²) >= 11 is 0. The number of hydrogen-bond donors (Lipinski definition) is 0. The minimum Gasteiger partial charge on any atom is -0.0991 e. The maximum absolute atomic E-state index is 3.71. The molecule has 21 heavy (non-hydrogen) atoms. The van der Waals surface area contributed by atoms with Gasteiger partial charge in [-0.15, -0.1) is 0 Å². The fourth-order valence-electron chi connectivity index (χ4n) is 2.22. The van der Waals surface area contributed by atoms with Crippen molar-refractivity contribution in [1.29, 1.82) is 0 Å². The molecule has 0 bridgehead atoms. The fourth-order valence-corrected chi connectivity index (χ4v) is 2.22. The average molecular weight is 274 g/mol. The van der Waals surface area contributed by atoms with Crippen LogP contribution in [0.2, 0.25) is 0 Å². The van der Waals surface area contributed by atoms with E-state index >= 15 is 0 Å². The molecule has 2 aromatic carbocycles. The van der Waals surface area contributed by atoms with Crippen LogP contribution in [-0.2, 0) is 0 Å². The lowest BCUT2D eigenvalue weighted by Crippen LogP contribution is -1.84.